The van der Waals surface area contributed by atoms with E-state index in [0.717, 1.165) is 22.6 Å². The van der Waals surface area contributed by atoms with Gasteiger partial charge in [0.2, 0.25) is 0 Å². The van der Waals surface area contributed by atoms with Crippen LogP contribution in [0.4, 0.5) is 0 Å². The highest BCUT2D eigenvalue weighted by molar-refractivity contribution is 7.79. The number of ether oxygens (including phenoxy) is 2. The van der Waals surface area contributed by atoms with Gasteiger partial charge < -0.3 is 9.47 Å². The zero-order valence-corrected chi connectivity index (χ0v) is 9.43. The second-order valence-corrected chi connectivity index (χ2v) is 4.27. The van der Waals surface area contributed by atoms with E-state index < -0.39 is 11.1 Å². The first kappa shape index (κ1) is 10.4. The van der Waals surface area contributed by atoms with Gasteiger partial charge in [0.15, 0.2) is 11.1 Å². The summed E-state index contributed by atoms with van der Waals surface area (Å²) in [6, 6.07) is 3.65. The molecule has 0 amide bonds. The van der Waals surface area contributed by atoms with Gasteiger partial charge in [-0.2, -0.15) is 0 Å². The van der Waals surface area contributed by atoms with Gasteiger partial charge in [0.1, 0.15) is 11.5 Å². The van der Waals surface area contributed by atoms with Crippen LogP contribution in [0.25, 0.3) is 0 Å². The van der Waals surface area contributed by atoms with Crippen molar-refractivity contribution >= 4 is 11.1 Å². The normalized spacial score (nSPS) is 19.5. The topological polar surface area (TPSA) is 44.8 Å². The Morgan fingerprint density at radius 2 is 1.80 bits per heavy atom. The van der Waals surface area contributed by atoms with Gasteiger partial charge in [0.25, 0.3) is 0 Å². The average molecular weight is 228 g/mol. The van der Waals surface area contributed by atoms with Gasteiger partial charge in [-0.05, 0) is 12.1 Å². The largest absolute Gasteiger partial charge is 0.496 e. The molecule has 1 unspecified atom stereocenters. The highest BCUT2D eigenvalue weighted by Gasteiger charge is 2.22. The molecule has 0 bridgehead atoms. The van der Waals surface area contributed by atoms with Gasteiger partial charge >= 0.3 is 0 Å². The minimum atomic E-state index is -1.26. The van der Waals surface area contributed by atoms with Crippen LogP contribution in [-0.2, 0) is 27.6 Å². The fourth-order valence-electron chi connectivity index (χ4n) is 1.63. The number of fused-ring (bicyclic) bond motifs is 1. The lowest BCUT2D eigenvalue weighted by atomic mass is 10.1. The first-order chi connectivity index (χ1) is 7.26. The summed E-state index contributed by atoms with van der Waals surface area (Å²) in [5.74, 6) is 1.85. The van der Waals surface area contributed by atoms with E-state index in [-0.39, 0.29) is 0 Å². The van der Waals surface area contributed by atoms with E-state index in [1.807, 2.05) is 12.1 Å². The van der Waals surface area contributed by atoms with Crippen LogP contribution in [0.2, 0.25) is 0 Å². The fourth-order valence-corrected chi connectivity index (χ4v) is 2.52. The molecular weight excluding hydrogens is 216 g/mol. The monoisotopic (exact) mass is 228 g/mol. The summed E-state index contributed by atoms with van der Waals surface area (Å²) < 4.78 is 26.8. The molecule has 0 aromatic heterocycles. The smallest absolute Gasteiger partial charge is 0.160 e. The van der Waals surface area contributed by atoms with Crippen LogP contribution in [-0.4, -0.2) is 18.4 Å². The van der Waals surface area contributed by atoms with Crippen LogP contribution in [0, 0.1) is 0 Å². The molecular formula is C10H12O4S. The van der Waals surface area contributed by atoms with Gasteiger partial charge in [-0.25, -0.2) is 4.21 Å². The Balaban J connectivity index is 2.53. The third-order valence-electron chi connectivity index (χ3n) is 2.38. The quantitative estimate of drug-likeness (QED) is 0.767. The summed E-state index contributed by atoms with van der Waals surface area (Å²) >= 11 is -1.26. The van der Waals surface area contributed by atoms with E-state index in [1.165, 1.54) is 0 Å². The predicted octanol–water partition coefficient (Wildman–Crippen LogP) is 1.40. The summed E-state index contributed by atoms with van der Waals surface area (Å²) in [4.78, 5) is 0. The lowest BCUT2D eigenvalue weighted by Gasteiger charge is -2.20. The van der Waals surface area contributed by atoms with Gasteiger partial charge in [-0.1, -0.05) is 0 Å². The molecule has 1 atom stereocenters. The second-order valence-electron chi connectivity index (χ2n) is 3.14. The van der Waals surface area contributed by atoms with Crippen LogP contribution < -0.4 is 9.47 Å². The van der Waals surface area contributed by atoms with E-state index in [2.05, 4.69) is 0 Å². The highest BCUT2D eigenvalue weighted by atomic mass is 32.2. The molecule has 1 aliphatic rings. The summed E-state index contributed by atoms with van der Waals surface area (Å²) in [7, 11) is 3.20. The van der Waals surface area contributed by atoms with Gasteiger partial charge in [-0.15, -0.1) is 0 Å². The molecule has 1 heterocycles. The van der Waals surface area contributed by atoms with Crippen molar-refractivity contribution in [1.29, 1.82) is 0 Å². The Morgan fingerprint density at radius 3 is 2.40 bits per heavy atom. The summed E-state index contributed by atoms with van der Waals surface area (Å²) in [5.41, 5.74) is 1.85. The Labute approximate surface area is 90.8 Å². The van der Waals surface area contributed by atoms with E-state index in [1.54, 1.807) is 14.2 Å². The van der Waals surface area contributed by atoms with E-state index in [4.69, 9.17) is 13.7 Å². The maximum absolute atomic E-state index is 11.3. The number of methoxy groups -OCH3 is 2. The van der Waals surface area contributed by atoms with Gasteiger partial charge in [0.05, 0.1) is 26.6 Å². The first-order valence-electron chi connectivity index (χ1n) is 4.50. The van der Waals surface area contributed by atoms with Crippen molar-refractivity contribution in [2.24, 2.45) is 0 Å². The molecule has 0 aliphatic carbocycles. The first-order valence-corrected chi connectivity index (χ1v) is 5.75. The van der Waals surface area contributed by atoms with Crippen molar-refractivity contribution in [1.82, 2.24) is 0 Å². The maximum atomic E-state index is 11.3. The number of benzene rings is 1. The van der Waals surface area contributed by atoms with Crippen molar-refractivity contribution in [3.05, 3.63) is 23.3 Å². The molecule has 1 aromatic rings. The van der Waals surface area contributed by atoms with Crippen LogP contribution in [0.1, 0.15) is 11.1 Å². The number of hydrogen-bond donors (Lipinski definition) is 0. The minimum Gasteiger partial charge on any atom is -0.496 e. The van der Waals surface area contributed by atoms with E-state index in [9.17, 15) is 4.21 Å². The Morgan fingerprint density at radius 1 is 1.20 bits per heavy atom. The molecule has 0 radical (unpaired) electrons. The molecule has 1 aliphatic heterocycles. The van der Waals surface area contributed by atoms with E-state index >= 15 is 0 Å². The molecule has 5 heteroatoms. The summed E-state index contributed by atoms with van der Waals surface area (Å²) in [6.07, 6.45) is 0. The van der Waals surface area contributed by atoms with Crippen LogP contribution in [0.3, 0.4) is 0 Å². The van der Waals surface area contributed by atoms with Crippen molar-refractivity contribution in [2.75, 3.05) is 14.2 Å². The summed E-state index contributed by atoms with van der Waals surface area (Å²) in [5, 5.41) is 0. The Bertz CT molecular complexity index is 403. The van der Waals surface area contributed by atoms with Crippen LogP contribution in [0.5, 0.6) is 11.5 Å². The molecule has 0 fully saturated rings. The molecule has 0 N–H and O–H groups in total. The standard InChI is InChI=1S/C10H12O4S/c1-12-9-3-4-10(13-2)8-6-15(11)14-5-7(8)9/h3-4H,5-6H2,1-2H3. The zero-order chi connectivity index (χ0) is 10.8. The highest BCUT2D eigenvalue weighted by Crippen LogP contribution is 2.34. The van der Waals surface area contributed by atoms with Crippen LogP contribution >= 0.6 is 0 Å². The third kappa shape index (κ3) is 1.85. The molecule has 2 rings (SSSR count). The summed E-state index contributed by atoms with van der Waals surface area (Å²) in [6.45, 7) is 0.308. The van der Waals surface area contributed by atoms with Crippen molar-refractivity contribution in [3.63, 3.8) is 0 Å². The van der Waals surface area contributed by atoms with Crippen LogP contribution in [0.15, 0.2) is 12.1 Å². The van der Waals surface area contributed by atoms with Crippen molar-refractivity contribution < 1.29 is 17.9 Å². The van der Waals surface area contributed by atoms with Crippen molar-refractivity contribution in [3.8, 4) is 11.5 Å². The Hall–Kier alpha value is -1.07. The predicted molar refractivity (Wildman–Crippen MR) is 56.2 cm³/mol. The van der Waals surface area contributed by atoms with Gasteiger partial charge in [-0.3, -0.25) is 4.18 Å². The molecule has 15 heavy (non-hydrogen) atoms. The SMILES string of the molecule is COc1ccc(OC)c2c1COS(=O)C2. The lowest BCUT2D eigenvalue weighted by molar-refractivity contribution is 0.310. The molecule has 0 saturated carbocycles. The zero-order valence-electron chi connectivity index (χ0n) is 8.61. The second kappa shape index (κ2) is 4.20. The lowest BCUT2D eigenvalue weighted by Crippen LogP contribution is -2.13. The third-order valence-corrected chi connectivity index (χ3v) is 3.29. The van der Waals surface area contributed by atoms with Gasteiger partial charge in [0, 0.05) is 11.1 Å². The fraction of sp³-hybridized carbons (Fsp3) is 0.400. The van der Waals surface area contributed by atoms with Crippen molar-refractivity contribution in [2.45, 2.75) is 12.4 Å². The average Bonchev–Trinajstić information content (AvgIpc) is 2.27. The molecule has 0 spiro atoms. The minimum absolute atomic E-state index is 0.308. The molecule has 82 valence electrons. The molecule has 4 nitrogen and oxygen atoms in total. The number of hydrogen-bond acceptors (Lipinski definition) is 4. The van der Waals surface area contributed by atoms with E-state index in [0.29, 0.717) is 12.4 Å². The Kier molecular flexibility index (Phi) is 2.93. The molecule has 0 saturated heterocycles. The number of rotatable bonds is 2. The molecule has 1 aromatic carbocycles. The maximum Gasteiger partial charge on any atom is 0.160 e.